The molecule has 4 rings (SSSR count). The van der Waals surface area contributed by atoms with Crippen molar-refractivity contribution in [2.75, 3.05) is 20.3 Å². The molecule has 1 N–H and O–H groups in total. The van der Waals surface area contributed by atoms with Crippen molar-refractivity contribution in [3.05, 3.63) is 41.1 Å². The predicted molar refractivity (Wildman–Crippen MR) is 94.1 cm³/mol. The van der Waals surface area contributed by atoms with E-state index in [1.807, 2.05) is 0 Å². The van der Waals surface area contributed by atoms with Crippen LogP contribution in [-0.4, -0.2) is 35.1 Å². The van der Waals surface area contributed by atoms with Crippen LogP contribution >= 0.6 is 12.2 Å². The molecule has 0 saturated heterocycles. The second kappa shape index (κ2) is 5.52. The molecule has 0 bridgehead atoms. The summed E-state index contributed by atoms with van der Waals surface area (Å²) >= 11 is 5.54. The van der Waals surface area contributed by atoms with Crippen LogP contribution in [0.1, 0.15) is 29.7 Å². The average Bonchev–Trinajstić information content (AvgIpc) is 2.91. The normalized spacial score (nSPS) is 17.4. The highest BCUT2D eigenvalue weighted by atomic mass is 32.1. The van der Waals surface area contributed by atoms with Gasteiger partial charge in [-0.05, 0) is 42.5 Å². The number of rotatable bonds is 3. The minimum atomic E-state index is 0.769. The van der Waals surface area contributed by atoms with E-state index in [1.54, 1.807) is 7.11 Å². The van der Waals surface area contributed by atoms with Gasteiger partial charge in [0.25, 0.3) is 0 Å². The van der Waals surface area contributed by atoms with Crippen LogP contribution in [0.2, 0.25) is 0 Å². The SMILES string of the molecule is COCCc1ccc2[nH]c3c(c2c1)CCN1C(=S)CCC=C31. The van der Waals surface area contributed by atoms with Crippen LogP contribution in [-0.2, 0) is 17.6 Å². The highest BCUT2D eigenvalue weighted by molar-refractivity contribution is 7.80. The van der Waals surface area contributed by atoms with Gasteiger partial charge in [-0.1, -0.05) is 24.4 Å². The van der Waals surface area contributed by atoms with Crippen LogP contribution in [0.4, 0.5) is 0 Å². The smallest absolute Gasteiger partial charge is 0.0827 e. The fourth-order valence-electron chi connectivity index (χ4n) is 3.57. The Morgan fingerprint density at radius 2 is 2.23 bits per heavy atom. The highest BCUT2D eigenvalue weighted by Gasteiger charge is 2.28. The maximum absolute atomic E-state index is 5.54. The van der Waals surface area contributed by atoms with E-state index < -0.39 is 0 Å². The first-order valence-corrected chi connectivity index (χ1v) is 8.32. The van der Waals surface area contributed by atoms with E-state index in [9.17, 15) is 0 Å². The molecule has 0 radical (unpaired) electrons. The van der Waals surface area contributed by atoms with E-state index in [0.717, 1.165) is 43.8 Å². The number of H-pyrrole nitrogens is 1. The summed E-state index contributed by atoms with van der Waals surface area (Å²) in [6.07, 6.45) is 6.41. The maximum Gasteiger partial charge on any atom is 0.0827 e. The molecule has 0 amide bonds. The molecule has 0 unspecified atom stereocenters. The van der Waals surface area contributed by atoms with Crippen molar-refractivity contribution in [2.24, 2.45) is 0 Å². The van der Waals surface area contributed by atoms with Gasteiger partial charge in [-0.25, -0.2) is 0 Å². The summed E-state index contributed by atoms with van der Waals surface area (Å²) in [5, 5.41) is 1.36. The molecule has 2 aliphatic heterocycles. The number of hydrogen-bond donors (Lipinski definition) is 1. The Hall–Kier alpha value is -1.65. The lowest BCUT2D eigenvalue weighted by Crippen LogP contribution is -2.35. The monoisotopic (exact) mass is 312 g/mol. The lowest BCUT2D eigenvalue weighted by molar-refractivity contribution is 0.202. The molecule has 0 aliphatic carbocycles. The first-order chi connectivity index (χ1) is 10.8. The van der Waals surface area contributed by atoms with Crippen molar-refractivity contribution < 1.29 is 4.74 Å². The van der Waals surface area contributed by atoms with E-state index in [0.29, 0.717) is 0 Å². The summed E-state index contributed by atoms with van der Waals surface area (Å²) in [6, 6.07) is 6.71. The van der Waals surface area contributed by atoms with E-state index in [1.165, 1.54) is 33.4 Å². The Balaban J connectivity index is 1.80. The van der Waals surface area contributed by atoms with Crippen LogP contribution in [0.3, 0.4) is 0 Å². The summed E-state index contributed by atoms with van der Waals surface area (Å²) in [7, 11) is 1.75. The van der Waals surface area contributed by atoms with Gasteiger partial charge in [0.1, 0.15) is 0 Å². The van der Waals surface area contributed by atoms with Crippen LogP contribution in [0.5, 0.6) is 0 Å². The molecule has 2 aliphatic rings. The van der Waals surface area contributed by atoms with E-state index in [4.69, 9.17) is 17.0 Å². The third-order valence-corrected chi connectivity index (χ3v) is 5.12. The number of hydrogen-bond acceptors (Lipinski definition) is 2. The molecular formula is C18H20N2OS. The number of allylic oxidation sites excluding steroid dienone is 1. The first-order valence-electron chi connectivity index (χ1n) is 7.91. The van der Waals surface area contributed by atoms with Gasteiger partial charge in [0, 0.05) is 31.0 Å². The van der Waals surface area contributed by atoms with Crippen molar-refractivity contribution >= 4 is 33.8 Å². The van der Waals surface area contributed by atoms with Crippen LogP contribution < -0.4 is 0 Å². The van der Waals surface area contributed by atoms with Crippen molar-refractivity contribution in [1.29, 1.82) is 0 Å². The molecule has 0 saturated carbocycles. The zero-order valence-corrected chi connectivity index (χ0v) is 13.6. The van der Waals surface area contributed by atoms with Gasteiger partial charge in [0.15, 0.2) is 0 Å². The quantitative estimate of drug-likeness (QED) is 0.876. The summed E-state index contributed by atoms with van der Waals surface area (Å²) < 4.78 is 5.20. The van der Waals surface area contributed by atoms with Crippen molar-refractivity contribution in [2.45, 2.75) is 25.7 Å². The Morgan fingerprint density at radius 1 is 1.32 bits per heavy atom. The van der Waals surface area contributed by atoms with Crippen LogP contribution in [0.25, 0.3) is 16.6 Å². The standard InChI is InChI=1S/C18H20N2OS/c1-21-10-8-12-5-6-15-14(11-12)13-7-9-20-16(18(13)19-15)3-2-4-17(20)22/h3,5-6,11,19H,2,4,7-10H2,1H3. The van der Waals surface area contributed by atoms with Gasteiger partial charge in [-0.3, -0.25) is 0 Å². The molecule has 0 atom stereocenters. The lowest BCUT2D eigenvalue weighted by Gasteiger charge is -2.34. The number of methoxy groups -OCH3 is 1. The molecule has 1 aromatic heterocycles. The van der Waals surface area contributed by atoms with Gasteiger partial charge in [0.2, 0.25) is 0 Å². The third kappa shape index (κ3) is 2.18. The lowest BCUT2D eigenvalue weighted by atomic mass is 9.96. The molecule has 1 aromatic carbocycles. The van der Waals surface area contributed by atoms with Gasteiger partial charge in [0.05, 0.1) is 23.0 Å². The first kappa shape index (κ1) is 14.0. The number of ether oxygens (including phenoxy) is 1. The number of aromatic amines is 1. The Morgan fingerprint density at radius 3 is 3.09 bits per heavy atom. The molecule has 4 heteroatoms. The maximum atomic E-state index is 5.54. The Labute approximate surface area is 136 Å². The molecule has 0 fully saturated rings. The molecule has 2 aromatic rings. The van der Waals surface area contributed by atoms with Crippen molar-refractivity contribution in [1.82, 2.24) is 9.88 Å². The second-order valence-electron chi connectivity index (χ2n) is 6.02. The molecule has 114 valence electrons. The number of fused-ring (bicyclic) bond motifs is 5. The highest BCUT2D eigenvalue weighted by Crippen LogP contribution is 2.37. The number of nitrogens with one attached hydrogen (secondary N) is 1. The van der Waals surface area contributed by atoms with Gasteiger partial charge < -0.3 is 14.6 Å². The summed E-state index contributed by atoms with van der Waals surface area (Å²) in [6.45, 7) is 1.78. The summed E-state index contributed by atoms with van der Waals surface area (Å²) in [4.78, 5) is 7.01. The third-order valence-electron chi connectivity index (χ3n) is 4.69. The fraction of sp³-hybridized carbons (Fsp3) is 0.389. The summed E-state index contributed by atoms with van der Waals surface area (Å²) in [5.74, 6) is 0. The molecular weight excluding hydrogens is 292 g/mol. The van der Waals surface area contributed by atoms with E-state index in [-0.39, 0.29) is 0 Å². The fourth-order valence-corrected chi connectivity index (χ4v) is 3.87. The van der Waals surface area contributed by atoms with Gasteiger partial charge in [-0.2, -0.15) is 0 Å². The molecule has 3 nitrogen and oxygen atoms in total. The minimum Gasteiger partial charge on any atom is -0.384 e. The van der Waals surface area contributed by atoms with Gasteiger partial charge in [-0.15, -0.1) is 0 Å². The van der Waals surface area contributed by atoms with E-state index >= 15 is 0 Å². The molecule has 22 heavy (non-hydrogen) atoms. The largest absolute Gasteiger partial charge is 0.384 e. The zero-order valence-electron chi connectivity index (χ0n) is 12.8. The van der Waals surface area contributed by atoms with Crippen LogP contribution in [0, 0.1) is 0 Å². The van der Waals surface area contributed by atoms with Crippen molar-refractivity contribution in [3.63, 3.8) is 0 Å². The Kier molecular flexibility index (Phi) is 3.51. The summed E-state index contributed by atoms with van der Waals surface area (Å²) in [5.41, 5.74) is 6.57. The second-order valence-corrected chi connectivity index (χ2v) is 6.50. The molecule has 0 spiro atoms. The topological polar surface area (TPSA) is 28.3 Å². The number of aromatic nitrogens is 1. The van der Waals surface area contributed by atoms with Gasteiger partial charge >= 0.3 is 0 Å². The number of benzene rings is 1. The molecule has 3 heterocycles. The van der Waals surface area contributed by atoms with E-state index in [2.05, 4.69) is 34.2 Å². The number of nitrogens with zero attached hydrogens (tertiary/aromatic N) is 1. The number of thiocarbonyl (C=S) groups is 1. The zero-order chi connectivity index (χ0) is 15.1. The van der Waals surface area contributed by atoms with Crippen molar-refractivity contribution in [3.8, 4) is 0 Å². The average molecular weight is 312 g/mol. The minimum absolute atomic E-state index is 0.769. The van der Waals surface area contributed by atoms with Crippen LogP contribution in [0.15, 0.2) is 24.3 Å². The predicted octanol–water partition coefficient (Wildman–Crippen LogP) is 3.68. The Bertz CT molecular complexity index is 775.